The van der Waals surface area contributed by atoms with Gasteiger partial charge in [0.1, 0.15) is 0 Å². The highest BCUT2D eigenvalue weighted by atomic mass is 35.5. The summed E-state index contributed by atoms with van der Waals surface area (Å²) in [7, 11) is 0. The van der Waals surface area contributed by atoms with Gasteiger partial charge >= 0.3 is 0 Å². The summed E-state index contributed by atoms with van der Waals surface area (Å²) in [6.07, 6.45) is 2.63. The van der Waals surface area contributed by atoms with E-state index in [1.807, 2.05) is 20.8 Å². The molecular weight excluding hydrogens is 167 g/mol. The minimum Gasteiger partial charge on any atom is -0.0891 e. The molecule has 2 heteroatoms. The molecule has 0 rings (SSSR count). The molecule has 0 aliphatic heterocycles. The maximum Gasteiger partial charge on any atom is 0.0403 e. The molecule has 0 nitrogen and oxygen atoms in total. The van der Waals surface area contributed by atoms with Crippen LogP contribution >= 0.6 is 23.2 Å². The fourth-order valence-corrected chi connectivity index (χ4v) is 0.681. The summed E-state index contributed by atoms with van der Waals surface area (Å²) >= 11 is 11.6. The van der Waals surface area contributed by atoms with Crippen molar-refractivity contribution >= 4 is 23.2 Å². The predicted octanol–water partition coefficient (Wildman–Crippen LogP) is 4.05. The van der Waals surface area contributed by atoms with Crippen LogP contribution in [0.25, 0.3) is 0 Å². The molecule has 0 aromatic carbocycles. The van der Waals surface area contributed by atoms with Gasteiger partial charge in [0.05, 0.1) is 0 Å². The van der Waals surface area contributed by atoms with Crippen LogP contribution in [0.5, 0.6) is 0 Å². The smallest absolute Gasteiger partial charge is 0.0403 e. The summed E-state index contributed by atoms with van der Waals surface area (Å²) in [5.74, 6) is 0. The molecule has 0 saturated heterocycles. The third kappa shape index (κ3) is 3.97. The Morgan fingerprint density at radius 1 is 1.30 bits per heavy atom. The largest absolute Gasteiger partial charge is 0.0891 e. The molecule has 0 aliphatic carbocycles. The zero-order valence-electron chi connectivity index (χ0n) is 6.54. The highest BCUT2D eigenvalue weighted by Crippen LogP contribution is 2.16. The van der Waals surface area contributed by atoms with E-state index in [0.717, 1.165) is 22.1 Å². The second kappa shape index (κ2) is 4.81. The average Bonchev–Trinajstić information content (AvgIpc) is 1.87. The molecule has 0 bridgehead atoms. The van der Waals surface area contributed by atoms with Crippen molar-refractivity contribution < 1.29 is 0 Å². The van der Waals surface area contributed by atoms with Crippen LogP contribution in [0.2, 0.25) is 0 Å². The molecule has 0 fully saturated rings. The van der Waals surface area contributed by atoms with Crippen LogP contribution in [0, 0.1) is 0 Å². The zero-order valence-corrected chi connectivity index (χ0v) is 8.05. The Balaban J connectivity index is 4.27. The van der Waals surface area contributed by atoms with Crippen LogP contribution < -0.4 is 0 Å². The van der Waals surface area contributed by atoms with E-state index in [0.29, 0.717) is 0 Å². The standard InChI is InChI=1S/C8H12Cl2/c1-4-7(9)5-8(10)6(2)3/h5H,4H2,1-3H3/b7-5+. The van der Waals surface area contributed by atoms with Gasteiger partial charge in [-0.3, -0.25) is 0 Å². The summed E-state index contributed by atoms with van der Waals surface area (Å²) in [4.78, 5) is 0. The van der Waals surface area contributed by atoms with Crippen molar-refractivity contribution in [3.8, 4) is 0 Å². The second-order valence-electron chi connectivity index (χ2n) is 2.29. The van der Waals surface area contributed by atoms with E-state index < -0.39 is 0 Å². The minimum atomic E-state index is 0.742. The molecule has 0 aliphatic rings. The summed E-state index contributed by atoms with van der Waals surface area (Å²) in [6, 6.07) is 0. The Labute approximate surface area is 72.5 Å². The van der Waals surface area contributed by atoms with Crippen molar-refractivity contribution in [1.29, 1.82) is 0 Å². The number of halogens is 2. The van der Waals surface area contributed by atoms with E-state index in [9.17, 15) is 0 Å². The first kappa shape index (κ1) is 10.1. The van der Waals surface area contributed by atoms with E-state index in [1.165, 1.54) is 0 Å². The molecule has 0 aromatic rings. The number of allylic oxidation sites excluding steroid dienone is 4. The van der Waals surface area contributed by atoms with Crippen molar-refractivity contribution in [1.82, 2.24) is 0 Å². The minimum absolute atomic E-state index is 0.742. The highest BCUT2D eigenvalue weighted by Gasteiger charge is 1.91. The Morgan fingerprint density at radius 2 is 1.80 bits per heavy atom. The number of rotatable bonds is 2. The lowest BCUT2D eigenvalue weighted by Crippen LogP contribution is -1.72. The van der Waals surface area contributed by atoms with E-state index in [-0.39, 0.29) is 0 Å². The zero-order chi connectivity index (χ0) is 8.15. The van der Waals surface area contributed by atoms with Crippen LogP contribution in [0.1, 0.15) is 27.2 Å². The molecule has 0 saturated carbocycles. The Hall–Kier alpha value is 0.0600. The predicted molar refractivity (Wildman–Crippen MR) is 48.5 cm³/mol. The molecule has 0 unspecified atom stereocenters. The summed E-state index contributed by atoms with van der Waals surface area (Å²) in [5, 5.41) is 1.54. The normalized spacial score (nSPS) is 11.5. The topological polar surface area (TPSA) is 0 Å². The molecule has 0 spiro atoms. The highest BCUT2D eigenvalue weighted by molar-refractivity contribution is 6.34. The molecule has 0 amide bonds. The van der Waals surface area contributed by atoms with Gasteiger partial charge in [-0.25, -0.2) is 0 Å². The Bertz CT molecular complexity index is 162. The monoisotopic (exact) mass is 178 g/mol. The first-order valence-electron chi connectivity index (χ1n) is 3.27. The third-order valence-corrected chi connectivity index (χ3v) is 1.96. The lowest BCUT2D eigenvalue weighted by atomic mass is 10.3. The first-order chi connectivity index (χ1) is 4.57. The van der Waals surface area contributed by atoms with Crippen LogP contribution in [0.4, 0.5) is 0 Å². The van der Waals surface area contributed by atoms with Gasteiger partial charge in [-0.05, 0) is 26.3 Å². The summed E-state index contributed by atoms with van der Waals surface area (Å²) in [6.45, 7) is 5.91. The van der Waals surface area contributed by atoms with Gasteiger partial charge in [0.15, 0.2) is 0 Å². The first-order valence-corrected chi connectivity index (χ1v) is 4.02. The van der Waals surface area contributed by atoms with Crippen molar-refractivity contribution in [2.24, 2.45) is 0 Å². The molecule has 0 radical (unpaired) electrons. The fourth-order valence-electron chi connectivity index (χ4n) is 0.384. The SMILES string of the molecule is CC/C(Cl)=C\C(Cl)=C(C)C. The van der Waals surface area contributed by atoms with Crippen LogP contribution in [-0.2, 0) is 0 Å². The van der Waals surface area contributed by atoms with E-state index in [4.69, 9.17) is 23.2 Å². The number of hydrogen-bond acceptors (Lipinski definition) is 0. The third-order valence-electron chi connectivity index (χ3n) is 1.10. The second-order valence-corrected chi connectivity index (χ2v) is 3.19. The maximum absolute atomic E-state index is 5.81. The molecule has 0 heterocycles. The van der Waals surface area contributed by atoms with Crippen molar-refractivity contribution in [2.75, 3.05) is 0 Å². The van der Waals surface area contributed by atoms with Crippen molar-refractivity contribution in [3.63, 3.8) is 0 Å². The van der Waals surface area contributed by atoms with Gasteiger partial charge < -0.3 is 0 Å². The van der Waals surface area contributed by atoms with E-state index >= 15 is 0 Å². The average molecular weight is 179 g/mol. The van der Waals surface area contributed by atoms with Gasteiger partial charge in [-0.2, -0.15) is 0 Å². The molecule has 58 valence electrons. The lowest BCUT2D eigenvalue weighted by Gasteiger charge is -1.94. The summed E-state index contributed by atoms with van der Waals surface area (Å²) < 4.78 is 0. The summed E-state index contributed by atoms with van der Waals surface area (Å²) in [5.41, 5.74) is 1.09. The molecule has 0 aromatic heterocycles. The maximum atomic E-state index is 5.81. The molecule has 0 atom stereocenters. The van der Waals surface area contributed by atoms with Gasteiger partial charge in [0, 0.05) is 10.1 Å². The van der Waals surface area contributed by atoms with Crippen LogP contribution in [0.15, 0.2) is 21.7 Å². The van der Waals surface area contributed by atoms with Gasteiger partial charge in [0.25, 0.3) is 0 Å². The Morgan fingerprint density at radius 3 is 2.10 bits per heavy atom. The molecule has 0 N–H and O–H groups in total. The van der Waals surface area contributed by atoms with Crippen molar-refractivity contribution in [3.05, 3.63) is 21.7 Å². The Kier molecular flexibility index (Phi) is 4.84. The van der Waals surface area contributed by atoms with Gasteiger partial charge in [-0.15, -0.1) is 0 Å². The van der Waals surface area contributed by atoms with E-state index in [2.05, 4.69) is 0 Å². The molecular formula is C8H12Cl2. The quantitative estimate of drug-likeness (QED) is 0.561. The molecule has 10 heavy (non-hydrogen) atoms. The fraction of sp³-hybridized carbons (Fsp3) is 0.500. The van der Waals surface area contributed by atoms with Crippen molar-refractivity contribution in [2.45, 2.75) is 27.2 Å². The van der Waals surface area contributed by atoms with Gasteiger partial charge in [-0.1, -0.05) is 35.7 Å². The lowest BCUT2D eigenvalue weighted by molar-refractivity contribution is 1.19. The van der Waals surface area contributed by atoms with Crippen LogP contribution in [0.3, 0.4) is 0 Å². The number of hydrogen-bond donors (Lipinski definition) is 0. The van der Waals surface area contributed by atoms with Gasteiger partial charge in [0.2, 0.25) is 0 Å². The van der Waals surface area contributed by atoms with Crippen LogP contribution in [-0.4, -0.2) is 0 Å². The van der Waals surface area contributed by atoms with E-state index in [1.54, 1.807) is 6.08 Å².